The van der Waals surface area contributed by atoms with Crippen molar-refractivity contribution in [2.24, 2.45) is 5.92 Å². The van der Waals surface area contributed by atoms with E-state index in [0.717, 1.165) is 50.5 Å². The Kier molecular flexibility index (Phi) is 11.3. The molecule has 2 fully saturated rings. The number of halogens is 6. The highest BCUT2D eigenvalue weighted by Crippen LogP contribution is 2.41. The van der Waals surface area contributed by atoms with Crippen LogP contribution in [-0.4, -0.2) is 81.4 Å². The molecule has 0 amide bonds. The normalized spacial score (nSPS) is 21.1. The number of morpholine rings is 1. The summed E-state index contributed by atoms with van der Waals surface area (Å²) in [6, 6.07) is 5.77. The van der Waals surface area contributed by atoms with Gasteiger partial charge in [0.15, 0.2) is 0 Å². The third kappa shape index (κ3) is 9.66. The van der Waals surface area contributed by atoms with Crippen LogP contribution in [0.25, 0.3) is 0 Å². The Hall–Kier alpha value is -3.40. The van der Waals surface area contributed by atoms with Crippen LogP contribution in [0, 0.1) is 19.8 Å². The lowest BCUT2D eigenvalue weighted by atomic mass is 9.89. The first-order chi connectivity index (χ1) is 18.5. The van der Waals surface area contributed by atoms with E-state index in [9.17, 15) is 26.3 Å². The second-order valence-corrected chi connectivity index (χ2v) is 9.10. The van der Waals surface area contributed by atoms with Gasteiger partial charge in [-0.3, -0.25) is 4.90 Å². The minimum Gasteiger partial charge on any atom is -0.477 e. The van der Waals surface area contributed by atoms with Crippen LogP contribution in [0.1, 0.15) is 36.3 Å². The summed E-state index contributed by atoms with van der Waals surface area (Å²) in [7, 11) is 0. The van der Waals surface area contributed by atoms with Gasteiger partial charge in [-0.1, -0.05) is 11.2 Å². The Balaban J connectivity index is 0.000000333. The van der Waals surface area contributed by atoms with Crippen LogP contribution in [0.15, 0.2) is 28.9 Å². The fourth-order valence-electron chi connectivity index (χ4n) is 4.33. The molecule has 2 aromatic heterocycles. The van der Waals surface area contributed by atoms with Crippen LogP contribution in [-0.2, 0) is 20.9 Å². The minimum atomic E-state index is -5.08. The lowest BCUT2D eigenvalue weighted by Gasteiger charge is -2.44. The van der Waals surface area contributed by atoms with Crippen molar-refractivity contribution in [3.8, 4) is 5.88 Å². The lowest BCUT2D eigenvalue weighted by molar-refractivity contribution is -0.193. The molecule has 1 spiro atoms. The number of rotatable bonds is 5. The highest BCUT2D eigenvalue weighted by atomic mass is 19.4. The van der Waals surface area contributed by atoms with Crippen LogP contribution in [0.2, 0.25) is 0 Å². The summed E-state index contributed by atoms with van der Waals surface area (Å²) in [6.45, 7) is 8.19. The predicted octanol–water partition coefficient (Wildman–Crippen LogP) is 4.40. The first-order valence-corrected chi connectivity index (χ1v) is 12.0. The van der Waals surface area contributed by atoms with Crippen LogP contribution in [0.3, 0.4) is 0 Å². The third-order valence-corrected chi connectivity index (χ3v) is 6.30. The van der Waals surface area contributed by atoms with Crippen molar-refractivity contribution in [1.82, 2.24) is 15.0 Å². The molecule has 40 heavy (non-hydrogen) atoms. The maximum atomic E-state index is 10.6. The van der Waals surface area contributed by atoms with Crippen molar-refractivity contribution in [2.75, 3.05) is 26.3 Å². The quantitative estimate of drug-likeness (QED) is 0.486. The molecule has 2 aromatic rings. The van der Waals surface area contributed by atoms with Crippen molar-refractivity contribution < 1.29 is 60.1 Å². The standard InChI is InChI=1S/C20H27N3O3.2C2HF3O2/c1-15-18(16(2)26-22-15)12-23-10-11-25-20(14-23)8-5-6-17(20)13-24-19-7-3-4-9-21-19;2*3-2(4,5)1(6)7/h3-4,7,9,17H,5-6,8,10-14H2,1-2H3;2*(H,6,7)/t17-,20+;;/m0../s1. The molecule has 10 nitrogen and oxygen atoms in total. The Morgan fingerprint density at radius 2 is 1.75 bits per heavy atom. The van der Waals surface area contributed by atoms with E-state index < -0.39 is 24.3 Å². The van der Waals surface area contributed by atoms with Gasteiger partial charge < -0.3 is 24.2 Å². The number of aryl methyl sites for hydroxylation is 2. The predicted molar refractivity (Wildman–Crippen MR) is 124 cm³/mol. The van der Waals surface area contributed by atoms with Crippen molar-refractivity contribution in [1.29, 1.82) is 0 Å². The molecular formula is C24H29F6N3O7. The number of alkyl halides is 6. The van der Waals surface area contributed by atoms with Gasteiger partial charge in [-0.05, 0) is 39.2 Å². The first-order valence-electron chi connectivity index (χ1n) is 12.0. The molecule has 2 aliphatic rings. The van der Waals surface area contributed by atoms with E-state index in [4.69, 9.17) is 33.8 Å². The third-order valence-electron chi connectivity index (χ3n) is 6.30. The molecule has 2 N–H and O–H groups in total. The van der Waals surface area contributed by atoms with Gasteiger partial charge in [-0.15, -0.1) is 0 Å². The summed E-state index contributed by atoms with van der Waals surface area (Å²) >= 11 is 0. The minimum absolute atomic E-state index is 0.105. The van der Waals surface area contributed by atoms with E-state index in [-0.39, 0.29) is 5.60 Å². The highest BCUT2D eigenvalue weighted by molar-refractivity contribution is 5.73. The monoisotopic (exact) mass is 585 g/mol. The smallest absolute Gasteiger partial charge is 0.477 e. The molecule has 1 aliphatic heterocycles. The molecule has 1 aliphatic carbocycles. The summed E-state index contributed by atoms with van der Waals surface area (Å²) < 4.78 is 81.1. The van der Waals surface area contributed by atoms with Crippen molar-refractivity contribution in [3.63, 3.8) is 0 Å². The van der Waals surface area contributed by atoms with Gasteiger partial charge in [-0.2, -0.15) is 26.3 Å². The lowest BCUT2D eigenvalue weighted by Crippen LogP contribution is -2.54. The van der Waals surface area contributed by atoms with Gasteiger partial charge in [0.25, 0.3) is 0 Å². The number of aromatic nitrogens is 2. The second-order valence-electron chi connectivity index (χ2n) is 9.10. The summed E-state index contributed by atoms with van der Waals surface area (Å²) in [6.07, 6.45) is -4.97. The molecular weight excluding hydrogens is 556 g/mol. The molecule has 224 valence electrons. The number of pyridine rings is 1. The molecule has 0 unspecified atom stereocenters. The van der Waals surface area contributed by atoms with E-state index in [1.54, 1.807) is 6.20 Å². The maximum absolute atomic E-state index is 10.6. The molecule has 0 radical (unpaired) electrons. The number of nitrogens with zero attached hydrogens (tertiary/aromatic N) is 3. The van der Waals surface area contributed by atoms with Gasteiger partial charge in [-0.25, -0.2) is 14.6 Å². The van der Waals surface area contributed by atoms with E-state index in [1.165, 1.54) is 12.0 Å². The Bertz CT molecular complexity index is 1070. The van der Waals surface area contributed by atoms with Crippen LogP contribution < -0.4 is 4.74 Å². The molecule has 16 heteroatoms. The average Bonchev–Trinajstić information content (AvgIpc) is 3.40. The van der Waals surface area contributed by atoms with E-state index in [0.29, 0.717) is 18.4 Å². The summed E-state index contributed by atoms with van der Waals surface area (Å²) in [5, 5.41) is 18.3. The Morgan fingerprint density at radius 1 is 1.12 bits per heavy atom. The number of hydrogen-bond acceptors (Lipinski definition) is 8. The SMILES string of the molecule is Cc1noc(C)c1CN1CCO[C@]2(CCC[C@H]2COc2ccccn2)C1.O=C(O)C(F)(F)F.O=C(O)C(F)(F)F. The average molecular weight is 585 g/mol. The van der Waals surface area contributed by atoms with Gasteiger partial charge in [0.05, 0.1) is 24.5 Å². The van der Waals surface area contributed by atoms with Crippen molar-refractivity contribution in [2.45, 2.75) is 57.6 Å². The number of ether oxygens (including phenoxy) is 2. The van der Waals surface area contributed by atoms with Gasteiger partial charge in [0.2, 0.25) is 5.88 Å². The summed E-state index contributed by atoms with van der Waals surface area (Å²) in [4.78, 5) is 24.5. The van der Waals surface area contributed by atoms with E-state index in [1.807, 2.05) is 32.0 Å². The van der Waals surface area contributed by atoms with Crippen molar-refractivity contribution >= 4 is 11.9 Å². The van der Waals surface area contributed by atoms with Crippen LogP contribution in [0.4, 0.5) is 26.3 Å². The molecule has 2 atom stereocenters. The first kappa shape index (κ1) is 32.8. The van der Waals surface area contributed by atoms with E-state index in [2.05, 4.69) is 15.0 Å². The van der Waals surface area contributed by atoms with Gasteiger partial charge in [0.1, 0.15) is 5.76 Å². The van der Waals surface area contributed by atoms with Gasteiger partial charge >= 0.3 is 24.3 Å². The van der Waals surface area contributed by atoms with Crippen LogP contribution >= 0.6 is 0 Å². The zero-order valence-corrected chi connectivity index (χ0v) is 21.6. The largest absolute Gasteiger partial charge is 0.490 e. The molecule has 3 heterocycles. The number of carbonyl (C=O) groups is 2. The summed E-state index contributed by atoms with van der Waals surface area (Å²) in [5.74, 6) is -3.50. The zero-order valence-electron chi connectivity index (χ0n) is 21.6. The van der Waals surface area contributed by atoms with Crippen molar-refractivity contribution in [3.05, 3.63) is 41.4 Å². The highest BCUT2D eigenvalue weighted by Gasteiger charge is 2.47. The van der Waals surface area contributed by atoms with Gasteiger partial charge in [0, 0.05) is 43.4 Å². The number of carboxylic acids is 2. The fourth-order valence-corrected chi connectivity index (χ4v) is 4.33. The number of hydrogen-bond donors (Lipinski definition) is 2. The number of carboxylic acid groups (broad SMARTS) is 2. The maximum Gasteiger partial charge on any atom is 0.490 e. The molecule has 4 rings (SSSR count). The molecule has 0 bridgehead atoms. The Morgan fingerprint density at radius 3 is 2.25 bits per heavy atom. The zero-order chi connectivity index (χ0) is 30.1. The number of aliphatic carboxylic acids is 2. The Labute approximate surface area is 224 Å². The molecule has 1 saturated heterocycles. The molecule has 0 aromatic carbocycles. The fraction of sp³-hybridized carbons (Fsp3) is 0.583. The van der Waals surface area contributed by atoms with Crippen LogP contribution in [0.5, 0.6) is 5.88 Å². The summed E-state index contributed by atoms with van der Waals surface area (Å²) in [5.41, 5.74) is 2.09. The van der Waals surface area contributed by atoms with E-state index >= 15 is 0 Å². The molecule has 1 saturated carbocycles. The topological polar surface area (TPSA) is 135 Å². The second kappa shape index (κ2) is 13.8.